The summed E-state index contributed by atoms with van der Waals surface area (Å²) in [4.78, 5) is 11.9. The molecule has 3 aromatic rings. The number of rotatable bonds is 4. The smallest absolute Gasteiger partial charge is 0.229 e. The lowest BCUT2D eigenvalue weighted by atomic mass is 10.0. The van der Waals surface area contributed by atoms with Gasteiger partial charge in [-0.05, 0) is 43.0 Å². The second-order valence-electron chi connectivity index (χ2n) is 7.31. The molecule has 5 heteroatoms. The molecule has 1 aliphatic rings. The van der Waals surface area contributed by atoms with Crippen molar-refractivity contribution >= 4 is 17.5 Å². The first-order valence-electron chi connectivity index (χ1n) is 9.68. The van der Waals surface area contributed by atoms with Gasteiger partial charge >= 0.3 is 0 Å². The van der Waals surface area contributed by atoms with Gasteiger partial charge in [0.25, 0.3) is 0 Å². The van der Waals surface area contributed by atoms with Crippen LogP contribution < -0.4 is 10.2 Å². The van der Waals surface area contributed by atoms with Crippen molar-refractivity contribution < 1.29 is 0 Å². The largest absolute Gasteiger partial charge is 0.356 e. The van der Waals surface area contributed by atoms with E-state index >= 15 is 0 Å². The van der Waals surface area contributed by atoms with Gasteiger partial charge in [-0.25, -0.2) is 4.98 Å². The summed E-state index contributed by atoms with van der Waals surface area (Å²) in [5.41, 5.74) is 3.47. The Hall–Kier alpha value is -3.39. The Labute approximate surface area is 165 Å². The van der Waals surface area contributed by atoms with Gasteiger partial charge in [0.05, 0.1) is 17.3 Å². The van der Waals surface area contributed by atoms with Gasteiger partial charge in [-0.15, -0.1) is 0 Å². The van der Waals surface area contributed by atoms with Crippen molar-refractivity contribution in [3.8, 4) is 17.3 Å². The van der Waals surface area contributed by atoms with Crippen molar-refractivity contribution in [3.63, 3.8) is 0 Å². The molecule has 28 heavy (non-hydrogen) atoms. The molecule has 0 radical (unpaired) electrons. The van der Waals surface area contributed by atoms with E-state index in [4.69, 9.17) is 15.2 Å². The van der Waals surface area contributed by atoms with Crippen LogP contribution in [0.15, 0.2) is 60.7 Å². The predicted molar refractivity (Wildman–Crippen MR) is 113 cm³/mol. The zero-order chi connectivity index (χ0) is 19.3. The first-order chi connectivity index (χ1) is 13.7. The van der Waals surface area contributed by atoms with Gasteiger partial charge in [0.15, 0.2) is 0 Å². The molecule has 2 aromatic carbocycles. The minimum atomic E-state index is 0.569. The van der Waals surface area contributed by atoms with Crippen molar-refractivity contribution in [3.05, 3.63) is 66.2 Å². The summed E-state index contributed by atoms with van der Waals surface area (Å²) in [6, 6.07) is 21.7. The standard InChI is InChI=1S/C23H23N5/c1-17-6-5-13-28(16-17)22-14-21(19-7-3-2-4-8-19)26-23(27-22)25-20-11-9-18(15-24)10-12-20/h2-4,7-12,14,17H,5-6,13,16H2,1H3,(H,25,26,27). The van der Waals surface area contributed by atoms with E-state index in [1.54, 1.807) is 12.1 Å². The van der Waals surface area contributed by atoms with Crippen molar-refractivity contribution in [2.24, 2.45) is 5.92 Å². The molecule has 0 bridgehead atoms. The SMILES string of the molecule is CC1CCCN(c2cc(-c3ccccc3)nc(Nc3ccc(C#N)cc3)n2)C1. The number of hydrogen-bond donors (Lipinski definition) is 1. The first-order valence-corrected chi connectivity index (χ1v) is 9.68. The molecule has 1 aromatic heterocycles. The van der Waals surface area contributed by atoms with Crippen LogP contribution in [0.1, 0.15) is 25.3 Å². The number of nitrogens with one attached hydrogen (secondary N) is 1. The fraction of sp³-hybridized carbons (Fsp3) is 0.261. The van der Waals surface area contributed by atoms with Crippen LogP contribution >= 0.6 is 0 Å². The van der Waals surface area contributed by atoms with Crippen molar-refractivity contribution in [2.75, 3.05) is 23.3 Å². The van der Waals surface area contributed by atoms with Gasteiger partial charge in [-0.2, -0.15) is 10.2 Å². The second-order valence-corrected chi connectivity index (χ2v) is 7.31. The maximum atomic E-state index is 8.98. The fourth-order valence-corrected chi connectivity index (χ4v) is 3.56. The normalized spacial score (nSPS) is 16.4. The average molecular weight is 369 g/mol. The molecule has 1 N–H and O–H groups in total. The van der Waals surface area contributed by atoms with Crippen LogP contribution in [0.3, 0.4) is 0 Å². The zero-order valence-electron chi connectivity index (χ0n) is 16.0. The highest BCUT2D eigenvalue weighted by Gasteiger charge is 2.19. The predicted octanol–water partition coefficient (Wildman–Crippen LogP) is 5.00. The van der Waals surface area contributed by atoms with E-state index in [-0.39, 0.29) is 0 Å². The molecule has 0 spiro atoms. The number of benzene rings is 2. The van der Waals surface area contributed by atoms with Crippen LogP contribution in [0, 0.1) is 17.2 Å². The maximum Gasteiger partial charge on any atom is 0.229 e. The lowest BCUT2D eigenvalue weighted by Crippen LogP contribution is -2.35. The highest BCUT2D eigenvalue weighted by molar-refractivity contribution is 5.66. The van der Waals surface area contributed by atoms with Gasteiger partial charge in [0.1, 0.15) is 5.82 Å². The Kier molecular flexibility index (Phi) is 5.20. The van der Waals surface area contributed by atoms with E-state index < -0.39 is 0 Å². The van der Waals surface area contributed by atoms with Crippen LogP contribution in [0.5, 0.6) is 0 Å². The molecule has 1 saturated heterocycles. The quantitative estimate of drug-likeness (QED) is 0.701. The highest BCUT2D eigenvalue weighted by Crippen LogP contribution is 2.28. The number of nitriles is 1. The third kappa shape index (κ3) is 4.12. The molecule has 5 nitrogen and oxygen atoms in total. The fourth-order valence-electron chi connectivity index (χ4n) is 3.56. The first kappa shape index (κ1) is 18.0. The van der Waals surface area contributed by atoms with E-state index in [2.05, 4.69) is 41.4 Å². The third-order valence-electron chi connectivity index (χ3n) is 5.03. The van der Waals surface area contributed by atoms with Crippen LogP contribution in [0.4, 0.5) is 17.5 Å². The van der Waals surface area contributed by atoms with Gasteiger partial charge in [0, 0.05) is 30.4 Å². The summed E-state index contributed by atoms with van der Waals surface area (Å²) in [7, 11) is 0. The minimum absolute atomic E-state index is 0.569. The van der Waals surface area contributed by atoms with Gasteiger partial charge in [-0.1, -0.05) is 37.3 Å². The Morgan fingerprint density at radius 3 is 2.57 bits per heavy atom. The molecular formula is C23H23N5. The summed E-state index contributed by atoms with van der Waals surface area (Å²) in [5.74, 6) is 2.19. The highest BCUT2D eigenvalue weighted by atomic mass is 15.2. The molecular weight excluding hydrogens is 346 g/mol. The number of aromatic nitrogens is 2. The lowest BCUT2D eigenvalue weighted by molar-refractivity contribution is 0.444. The molecule has 1 atom stereocenters. The molecule has 140 valence electrons. The lowest BCUT2D eigenvalue weighted by Gasteiger charge is -2.32. The molecule has 1 unspecified atom stereocenters. The summed E-state index contributed by atoms with van der Waals surface area (Å²) in [6.45, 7) is 4.33. The van der Waals surface area contributed by atoms with Crippen LogP contribution in [0.2, 0.25) is 0 Å². The Bertz CT molecular complexity index is 976. The molecule has 4 rings (SSSR count). The Balaban J connectivity index is 1.69. The van der Waals surface area contributed by atoms with E-state index in [9.17, 15) is 0 Å². The van der Waals surface area contributed by atoms with E-state index in [1.807, 2.05) is 30.3 Å². The maximum absolute atomic E-state index is 8.98. The van der Waals surface area contributed by atoms with Gasteiger partial charge < -0.3 is 10.2 Å². The topological polar surface area (TPSA) is 64.8 Å². The molecule has 1 fully saturated rings. The molecule has 0 aliphatic carbocycles. The Morgan fingerprint density at radius 1 is 1.07 bits per heavy atom. The summed E-state index contributed by atoms with van der Waals surface area (Å²) in [5, 5.41) is 12.3. The summed E-state index contributed by atoms with van der Waals surface area (Å²) in [6.07, 6.45) is 2.45. The summed E-state index contributed by atoms with van der Waals surface area (Å²) >= 11 is 0. The van der Waals surface area contributed by atoms with Gasteiger partial charge in [0.2, 0.25) is 5.95 Å². The number of anilines is 3. The van der Waals surface area contributed by atoms with E-state index in [1.165, 1.54) is 12.8 Å². The number of piperidine rings is 1. The summed E-state index contributed by atoms with van der Waals surface area (Å²) < 4.78 is 0. The van der Waals surface area contributed by atoms with Crippen molar-refractivity contribution in [1.82, 2.24) is 9.97 Å². The van der Waals surface area contributed by atoms with E-state index in [0.717, 1.165) is 35.9 Å². The van der Waals surface area contributed by atoms with Gasteiger partial charge in [-0.3, -0.25) is 0 Å². The number of hydrogen-bond acceptors (Lipinski definition) is 5. The van der Waals surface area contributed by atoms with Crippen molar-refractivity contribution in [1.29, 1.82) is 5.26 Å². The molecule has 0 amide bonds. The van der Waals surface area contributed by atoms with Crippen LogP contribution in [-0.2, 0) is 0 Å². The Morgan fingerprint density at radius 2 is 1.86 bits per heavy atom. The average Bonchev–Trinajstić information content (AvgIpc) is 2.75. The van der Waals surface area contributed by atoms with Crippen LogP contribution in [0.25, 0.3) is 11.3 Å². The number of nitrogens with zero attached hydrogens (tertiary/aromatic N) is 4. The molecule has 2 heterocycles. The van der Waals surface area contributed by atoms with E-state index in [0.29, 0.717) is 17.4 Å². The second kappa shape index (κ2) is 8.10. The molecule has 1 aliphatic heterocycles. The van der Waals surface area contributed by atoms with Crippen LogP contribution in [-0.4, -0.2) is 23.1 Å². The van der Waals surface area contributed by atoms with Crippen molar-refractivity contribution in [2.45, 2.75) is 19.8 Å². The molecule has 0 saturated carbocycles. The zero-order valence-corrected chi connectivity index (χ0v) is 16.0. The third-order valence-corrected chi connectivity index (χ3v) is 5.03. The monoisotopic (exact) mass is 369 g/mol. The minimum Gasteiger partial charge on any atom is -0.356 e.